The molecule has 1 aliphatic heterocycles. The fourth-order valence-electron chi connectivity index (χ4n) is 3.35. The summed E-state index contributed by atoms with van der Waals surface area (Å²) in [6.45, 7) is 5.20. The van der Waals surface area contributed by atoms with E-state index >= 15 is 0 Å². The minimum Gasteiger partial charge on any atom is -0.321 e. The van der Waals surface area contributed by atoms with Gasteiger partial charge in [-0.2, -0.15) is 0 Å². The zero-order valence-electron chi connectivity index (χ0n) is 13.1. The van der Waals surface area contributed by atoms with Crippen molar-refractivity contribution < 1.29 is 4.79 Å². The van der Waals surface area contributed by atoms with E-state index in [4.69, 9.17) is 0 Å². The minimum absolute atomic E-state index is 0.0174. The van der Waals surface area contributed by atoms with E-state index in [9.17, 15) is 4.79 Å². The monoisotopic (exact) mass is 306 g/mol. The lowest BCUT2D eigenvalue weighted by molar-refractivity contribution is -0.130. The van der Waals surface area contributed by atoms with Gasteiger partial charge in [-0.1, -0.05) is 32.6 Å². The van der Waals surface area contributed by atoms with Crippen molar-refractivity contribution >= 4 is 17.2 Å². The second-order valence-electron chi connectivity index (χ2n) is 6.48. The highest BCUT2D eigenvalue weighted by atomic mass is 32.1. The molecule has 1 aromatic rings. The molecule has 0 aromatic carbocycles. The maximum absolute atomic E-state index is 12.7. The number of thiophene rings is 1. The fraction of sp³-hybridized carbons (Fsp3) is 0.706. The first-order valence-corrected chi connectivity index (χ1v) is 9.13. The van der Waals surface area contributed by atoms with Crippen LogP contribution < -0.4 is 5.32 Å². The molecule has 2 atom stereocenters. The van der Waals surface area contributed by atoms with Crippen LogP contribution in [-0.4, -0.2) is 23.4 Å². The third-order valence-corrected chi connectivity index (χ3v) is 5.92. The molecule has 2 heterocycles. The van der Waals surface area contributed by atoms with E-state index in [2.05, 4.69) is 36.2 Å². The van der Waals surface area contributed by atoms with Crippen molar-refractivity contribution in [2.45, 2.75) is 64.6 Å². The van der Waals surface area contributed by atoms with Gasteiger partial charge < -0.3 is 4.90 Å². The summed E-state index contributed by atoms with van der Waals surface area (Å²) in [5, 5.41) is 3.57. The van der Waals surface area contributed by atoms with Gasteiger partial charge in [-0.05, 0) is 37.8 Å². The molecule has 1 N–H and O–H groups in total. The molecule has 3 rings (SSSR count). The molecule has 1 amide bonds. The van der Waals surface area contributed by atoms with Crippen molar-refractivity contribution in [3.05, 3.63) is 21.9 Å². The van der Waals surface area contributed by atoms with E-state index in [0.717, 1.165) is 25.3 Å². The number of carbonyl (C=O) groups is 1. The maximum Gasteiger partial charge on any atom is 0.241 e. The van der Waals surface area contributed by atoms with E-state index in [1.807, 2.05) is 11.3 Å². The van der Waals surface area contributed by atoms with Crippen LogP contribution in [0.2, 0.25) is 0 Å². The Bertz CT molecular complexity index is 495. The van der Waals surface area contributed by atoms with Gasteiger partial charge in [0.15, 0.2) is 0 Å². The Morgan fingerprint density at radius 3 is 2.71 bits per heavy atom. The van der Waals surface area contributed by atoms with Crippen LogP contribution in [0.5, 0.6) is 0 Å². The van der Waals surface area contributed by atoms with Gasteiger partial charge in [0.25, 0.3) is 0 Å². The van der Waals surface area contributed by atoms with Gasteiger partial charge in [-0.25, -0.2) is 0 Å². The first kappa shape index (κ1) is 15.0. The summed E-state index contributed by atoms with van der Waals surface area (Å²) in [6.07, 6.45) is 7.37. The Balaban J connectivity index is 1.72. The third kappa shape index (κ3) is 3.16. The Kier molecular flexibility index (Phi) is 4.65. The molecule has 2 unspecified atom stereocenters. The van der Waals surface area contributed by atoms with Gasteiger partial charge >= 0.3 is 0 Å². The van der Waals surface area contributed by atoms with Gasteiger partial charge in [-0.15, -0.1) is 11.3 Å². The molecule has 1 saturated carbocycles. The molecule has 2 fully saturated rings. The minimum atomic E-state index is 0.0174. The molecule has 1 aliphatic carbocycles. The fourth-order valence-corrected chi connectivity index (χ4v) is 4.30. The van der Waals surface area contributed by atoms with E-state index in [1.165, 1.54) is 35.4 Å². The van der Waals surface area contributed by atoms with Crippen LogP contribution in [0.15, 0.2) is 12.1 Å². The van der Waals surface area contributed by atoms with Crippen LogP contribution in [0.25, 0.3) is 0 Å². The standard InChI is InChI=1S/C17H26N2OS/c1-3-5-14-17(20)19(11-10-13-6-4-7-13)16(18-14)15-9-8-12(2)21-15/h8-9,13-14,16,18H,3-7,10-11H2,1-2H3. The van der Waals surface area contributed by atoms with Gasteiger partial charge in [0.05, 0.1) is 6.04 Å². The first-order chi connectivity index (χ1) is 10.2. The van der Waals surface area contributed by atoms with Crippen molar-refractivity contribution in [2.75, 3.05) is 6.54 Å². The highest BCUT2D eigenvalue weighted by Crippen LogP contribution is 2.34. The molecule has 2 aliphatic rings. The van der Waals surface area contributed by atoms with Crippen molar-refractivity contribution in [1.29, 1.82) is 0 Å². The number of hydrogen-bond acceptors (Lipinski definition) is 3. The zero-order chi connectivity index (χ0) is 14.8. The van der Waals surface area contributed by atoms with E-state index in [1.54, 1.807) is 0 Å². The van der Waals surface area contributed by atoms with Crippen LogP contribution >= 0.6 is 11.3 Å². The predicted octanol–water partition coefficient (Wildman–Crippen LogP) is 3.85. The van der Waals surface area contributed by atoms with Crippen molar-refractivity contribution in [1.82, 2.24) is 10.2 Å². The van der Waals surface area contributed by atoms with Crippen LogP contribution in [0.3, 0.4) is 0 Å². The zero-order valence-corrected chi connectivity index (χ0v) is 13.9. The van der Waals surface area contributed by atoms with Crippen molar-refractivity contribution in [3.8, 4) is 0 Å². The molecule has 3 nitrogen and oxygen atoms in total. The number of hydrogen-bond donors (Lipinski definition) is 1. The van der Waals surface area contributed by atoms with E-state index in [-0.39, 0.29) is 12.2 Å². The van der Waals surface area contributed by atoms with E-state index < -0.39 is 0 Å². The molecule has 116 valence electrons. The lowest BCUT2D eigenvalue weighted by Gasteiger charge is -2.29. The summed E-state index contributed by atoms with van der Waals surface area (Å²) in [7, 11) is 0. The predicted molar refractivity (Wildman–Crippen MR) is 87.3 cm³/mol. The summed E-state index contributed by atoms with van der Waals surface area (Å²) < 4.78 is 0. The Morgan fingerprint density at radius 2 is 2.14 bits per heavy atom. The molecule has 0 bridgehead atoms. The average Bonchev–Trinajstić information content (AvgIpc) is 2.95. The number of amides is 1. The van der Waals surface area contributed by atoms with Gasteiger partial charge in [0.1, 0.15) is 6.17 Å². The molecule has 0 radical (unpaired) electrons. The summed E-state index contributed by atoms with van der Waals surface area (Å²) in [6, 6.07) is 4.35. The summed E-state index contributed by atoms with van der Waals surface area (Å²) in [5.41, 5.74) is 0. The first-order valence-electron chi connectivity index (χ1n) is 8.32. The summed E-state index contributed by atoms with van der Waals surface area (Å²) in [5.74, 6) is 1.17. The molecule has 21 heavy (non-hydrogen) atoms. The van der Waals surface area contributed by atoms with Crippen molar-refractivity contribution in [2.24, 2.45) is 5.92 Å². The quantitative estimate of drug-likeness (QED) is 0.866. The highest BCUT2D eigenvalue weighted by molar-refractivity contribution is 7.12. The Labute approximate surface area is 131 Å². The maximum atomic E-state index is 12.7. The summed E-state index contributed by atoms with van der Waals surface area (Å²) >= 11 is 1.81. The second-order valence-corrected chi connectivity index (χ2v) is 7.80. The van der Waals surface area contributed by atoms with Crippen LogP contribution in [0.4, 0.5) is 0 Å². The van der Waals surface area contributed by atoms with Crippen molar-refractivity contribution in [3.63, 3.8) is 0 Å². The molecular weight excluding hydrogens is 280 g/mol. The summed E-state index contributed by atoms with van der Waals surface area (Å²) in [4.78, 5) is 17.4. The number of rotatable bonds is 6. The molecular formula is C17H26N2OS. The van der Waals surface area contributed by atoms with Gasteiger partial charge in [0.2, 0.25) is 5.91 Å². The number of nitrogens with zero attached hydrogens (tertiary/aromatic N) is 1. The number of carbonyl (C=O) groups excluding carboxylic acids is 1. The lowest BCUT2D eigenvalue weighted by Crippen LogP contribution is -2.33. The Morgan fingerprint density at radius 1 is 1.33 bits per heavy atom. The smallest absolute Gasteiger partial charge is 0.241 e. The largest absolute Gasteiger partial charge is 0.321 e. The SMILES string of the molecule is CCCC1NC(c2ccc(C)s2)N(CCC2CCC2)C1=O. The lowest BCUT2D eigenvalue weighted by atomic mass is 9.83. The van der Waals surface area contributed by atoms with Crippen LogP contribution in [0.1, 0.15) is 61.4 Å². The highest BCUT2D eigenvalue weighted by Gasteiger charge is 2.39. The van der Waals surface area contributed by atoms with Crippen LogP contribution in [-0.2, 0) is 4.79 Å². The average molecular weight is 306 g/mol. The van der Waals surface area contributed by atoms with Gasteiger partial charge in [-0.3, -0.25) is 10.1 Å². The normalized spacial score (nSPS) is 26.4. The number of nitrogens with one attached hydrogen (secondary N) is 1. The third-order valence-electron chi connectivity index (χ3n) is 4.86. The molecule has 0 spiro atoms. The molecule has 1 saturated heterocycles. The van der Waals surface area contributed by atoms with Crippen LogP contribution in [0, 0.1) is 12.8 Å². The van der Waals surface area contributed by atoms with E-state index in [0.29, 0.717) is 5.91 Å². The molecule has 4 heteroatoms. The van der Waals surface area contributed by atoms with Gasteiger partial charge in [0, 0.05) is 16.3 Å². The number of aryl methyl sites for hydroxylation is 1. The molecule has 1 aromatic heterocycles. The second kappa shape index (κ2) is 6.49. The Hall–Kier alpha value is -0.870. The topological polar surface area (TPSA) is 32.3 Å².